The first kappa shape index (κ1) is 17.5. The summed E-state index contributed by atoms with van der Waals surface area (Å²) in [5, 5.41) is 11.8. The van der Waals surface area contributed by atoms with E-state index in [1.54, 1.807) is 6.20 Å². The van der Waals surface area contributed by atoms with Gasteiger partial charge in [-0.2, -0.15) is 5.10 Å². The molecule has 7 heteroatoms. The van der Waals surface area contributed by atoms with Crippen LogP contribution in [0.1, 0.15) is 23.2 Å². The molecule has 3 aromatic heterocycles. The topological polar surface area (TPSA) is 89.7 Å². The fourth-order valence-electron chi connectivity index (χ4n) is 3.85. The van der Waals surface area contributed by atoms with Gasteiger partial charge in [0, 0.05) is 60.4 Å². The van der Waals surface area contributed by atoms with Crippen molar-refractivity contribution in [1.82, 2.24) is 25.5 Å². The lowest BCUT2D eigenvalue weighted by atomic mass is 10.0. The van der Waals surface area contributed by atoms with Gasteiger partial charge in [0.1, 0.15) is 0 Å². The van der Waals surface area contributed by atoms with E-state index in [0.29, 0.717) is 5.56 Å². The maximum absolute atomic E-state index is 12.6. The number of aromatic amines is 2. The van der Waals surface area contributed by atoms with Gasteiger partial charge in [-0.15, -0.1) is 0 Å². The molecule has 1 aliphatic rings. The Hall–Kier alpha value is -3.61. The first-order valence-electron chi connectivity index (χ1n) is 9.85. The fraction of sp³-hybridized carbons (Fsp3) is 0.227. The zero-order valence-corrected chi connectivity index (χ0v) is 15.9. The lowest BCUT2D eigenvalue weighted by Gasteiger charge is -2.32. The Morgan fingerprint density at radius 3 is 2.86 bits per heavy atom. The molecule has 0 atom stereocenters. The van der Waals surface area contributed by atoms with E-state index in [-0.39, 0.29) is 11.9 Å². The normalized spacial score (nSPS) is 15.0. The van der Waals surface area contributed by atoms with Crippen LogP contribution in [-0.2, 0) is 0 Å². The van der Waals surface area contributed by atoms with Gasteiger partial charge < -0.3 is 15.2 Å². The smallest absolute Gasteiger partial charge is 0.251 e. The Morgan fingerprint density at radius 1 is 1.14 bits per heavy atom. The third-order valence-corrected chi connectivity index (χ3v) is 5.51. The van der Waals surface area contributed by atoms with Crippen LogP contribution < -0.4 is 10.2 Å². The number of pyridine rings is 1. The summed E-state index contributed by atoms with van der Waals surface area (Å²) in [6.07, 6.45) is 7.26. The van der Waals surface area contributed by atoms with Gasteiger partial charge in [0.05, 0.1) is 5.69 Å². The van der Waals surface area contributed by atoms with Crippen molar-refractivity contribution in [2.75, 3.05) is 18.0 Å². The molecule has 7 nitrogen and oxygen atoms in total. The summed E-state index contributed by atoms with van der Waals surface area (Å²) < 4.78 is 0. The number of hydrogen-bond acceptors (Lipinski definition) is 4. The third kappa shape index (κ3) is 3.59. The van der Waals surface area contributed by atoms with E-state index in [1.807, 2.05) is 48.8 Å². The minimum absolute atomic E-state index is 0.0152. The molecule has 1 aliphatic heterocycles. The largest absolute Gasteiger partial charge is 0.361 e. The van der Waals surface area contributed by atoms with Crippen molar-refractivity contribution in [2.24, 2.45) is 0 Å². The van der Waals surface area contributed by atoms with Crippen molar-refractivity contribution in [2.45, 2.75) is 18.9 Å². The van der Waals surface area contributed by atoms with Crippen molar-refractivity contribution < 1.29 is 4.79 Å². The predicted molar refractivity (Wildman–Crippen MR) is 113 cm³/mol. The van der Waals surface area contributed by atoms with Crippen molar-refractivity contribution in [3.63, 3.8) is 0 Å². The molecular formula is C22H22N6O. The molecule has 0 bridgehead atoms. The van der Waals surface area contributed by atoms with Gasteiger partial charge in [0.25, 0.3) is 5.91 Å². The van der Waals surface area contributed by atoms with Gasteiger partial charge in [-0.1, -0.05) is 6.07 Å². The van der Waals surface area contributed by atoms with E-state index >= 15 is 0 Å². The first-order valence-corrected chi connectivity index (χ1v) is 9.85. The second-order valence-corrected chi connectivity index (χ2v) is 7.40. The molecule has 4 heterocycles. The molecular weight excluding hydrogens is 364 g/mol. The first-order chi connectivity index (χ1) is 14.3. The van der Waals surface area contributed by atoms with E-state index in [1.165, 1.54) is 0 Å². The van der Waals surface area contributed by atoms with Gasteiger partial charge in [-0.05, 0) is 48.6 Å². The van der Waals surface area contributed by atoms with Crippen LogP contribution in [0.3, 0.4) is 0 Å². The number of rotatable bonds is 4. The SMILES string of the molecule is O=C(NC1CCN(c2cc(-c3cccnc3)[nH]n2)CC1)c1ccc2cc[nH]c2c1. The van der Waals surface area contributed by atoms with Crippen LogP contribution in [0, 0.1) is 0 Å². The highest BCUT2D eigenvalue weighted by atomic mass is 16.1. The molecule has 0 saturated carbocycles. The van der Waals surface area contributed by atoms with Crippen LogP contribution in [-0.4, -0.2) is 45.2 Å². The van der Waals surface area contributed by atoms with Gasteiger partial charge in [0.2, 0.25) is 0 Å². The number of hydrogen-bond donors (Lipinski definition) is 3. The summed E-state index contributed by atoms with van der Waals surface area (Å²) in [7, 11) is 0. The molecule has 1 saturated heterocycles. The molecule has 3 N–H and O–H groups in total. The second-order valence-electron chi connectivity index (χ2n) is 7.40. The Kier molecular flexibility index (Phi) is 4.48. The molecule has 0 radical (unpaired) electrons. The highest BCUT2D eigenvalue weighted by molar-refractivity contribution is 5.98. The van der Waals surface area contributed by atoms with Crippen molar-refractivity contribution in [1.29, 1.82) is 0 Å². The fourth-order valence-corrected chi connectivity index (χ4v) is 3.85. The molecule has 1 aromatic carbocycles. The Bertz CT molecular complexity index is 1120. The van der Waals surface area contributed by atoms with Crippen LogP contribution in [0.2, 0.25) is 0 Å². The van der Waals surface area contributed by atoms with Gasteiger partial charge >= 0.3 is 0 Å². The Morgan fingerprint density at radius 2 is 2.03 bits per heavy atom. The Labute approximate surface area is 168 Å². The minimum atomic E-state index is -0.0152. The standard InChI is InChI=1S/C22H22N6O/c29-22(16-4-3-15-5-9-24-19(15)12-16)25-18-6-10-28(11-7-18)21-13-20(26-27-21)17-2-1-8-23-14-17/h1-5,8-9,12-14,18,24H,6-7,10-11H2,(H,25,29)(H,26,27). The summed E-state index contributed by atoms with van der Waals surface area (Å²) >= 11 is 0. The maximum Gasteiger partial charge on any atom is 0.251 e. The van der Waals surface area contributed by atoms with E-state index in [0.717, 1.165) is 53.9 Å². The number of fused-ring (bicyclic) bond motifs is 1. The zero-order valence-electron chi connectivity index (χ0n) is 15.9. The average Bonchev–Trinajstić information content (AvgIpc) is 3.44. The van der Waals surface area contributed by atoms with Crippen LogP contribution >= 0.6 is 0 Å². The second kappa shape index (κ2) is 7.43. The quantitative estimate of drug-likeness (QED) is 0.502. The highest BCUT2D eigenvalue weighted by Crippen LogP contribution is 2.24. The molecule has 1 amide bonds. The summed E-state index contributed by atoms with van der Waals surface area (Å²) in [4.78, 5) is 22.2. The number of H-pyrrole nitrogens is 2. The van der Waals surface area contributed by atoms with Crippen LogP contribution in [0.25, 0.3) is 22.2 Å². The van der Waals surface area contributed by atoms with Crippen molar-refractivity contribution >= 4 is 22.6 Å². The number of nitrogens with one attached hydrogen (secondary N) is 3. The Balaban J connectivity index is 1.19. The lowest BCUT2D eigenvalue weighted by molar-refractivity contribution is 0.0931. The van der Waals surface area contributed by atoms with E-state index < -0.39 is 0 Å². The van der Waals surface area contributed by atoms with Crippen LogP contribution in [0.4, 0.5) is 5.82 Å². The zero-order chi connectivity index (χ0) is 19.6. The maximum atomic E-state index is 12.6. The monoisotopic (exact) mass is 386 g/mol. The van der Waals surface area contributed by atoms with E-state index in [9.17, 15) is 4.79 Å². The summed E-state index contributed by atoms with van der Waals surface area (Å²) in [6.45, 7) is 1.72. The number of nitrogens with zero attached hydrogens (tertiary/aromatic N) is 3. The number of anilines is 1. The van der Waals surface area contributed by atoms with E-state index in [2.05, 4.69) is 36.4 Å². The van der Waals surface area contributed by atoms with E-state index in [4.69, 9.17) is 0 Å². The molecule has 1 fully saturated rings. The molecule has 4 aromatic rings. The number of amides is 1. The van der Waals surface area contributed by atoms with Gasteiger partial charge in [-0.25, -0.2) is 0 Å². The molecule has 0 spiro atoms. The number of benzene rings is 1. The summed E-state index contributed by atoms with van der Waals surface area (Å²) in [5.41, 5.74) is 3.65. The lowest BCUT2D eigenvalue weighted by Crippen LogP contribution is -2.44. The van der Waals surface area contributed by atoms with Crippen molar-refractivity contribution in [3.8, 4) is 11.3 Å². The minimum Gasteiger partial charge on any atom is -0.361 e. The summed E-state index contributed by atoms with van der Waals surface area (Å²) in [6, 6.07) is 13.9. The van der Waals surface area contributed by atoms with Crippen LogP contribution in [0.15, 0.2) is 61.1 Å². The average molecular weight is 386 g/mol. The van der Waals surface area contributed by atoms with Gasteiger partial charge in [0.15, 0.2) is 5.82 Å². The number of aromatic nitrogens is 4. The molecule has 5 rings (SSSR count). The number of carbonyl (C=O) groups excluding carboxylic acids is 1. The molecule has 0 aliphatic carbocycles. The number of carbonyl (C=O) groups is 1. The predicted octanol–water partition coefficient (Wildman–Crippen LogP) is 3.35. The van der Waals surface area contributed by atoms with Gasteiger partial charge in [-0.3, -0.25) is 14.9 Å². The van der Waals surface area contributed by atoms with Crippen molar-refractivity contribution in [3.05, 3.63) is 66.6 Å². The molecule has 0 unspecified atom stereocenters. The third-order valence-electron chi connectivity index (χ3n) is 5.51. The molecule has 146 valence electrons. The summed E-state index contributed by atoms with van der Waals surface area (Å²) in [5.74, 6) is 0.921. The molecule has 29 heavy (non-hydrogen) atoms. The number of piperidine rings is 1. The highest BCUT2D eigenvalue weighted by Gasteiger charge is 2.23. The van der Waals surface area contributed by atoms with Crippen LogP contribution in [0.5, 0.6) is 0 Å².